The van der Waals surface area contributed by atoms with Crippen molar-refractivity contribution in [3.05, 3.63) is 11.9 Å². The number of rotatable bonds is 4. The first kappa shape index (κ1) is 13.6. The third-order valence-corrected chi connectivity index (χ3v) is 3.15. The standard InChI is InChI=1S/C13H20N4O2/c1-10-15-11(14-9-13(18)19-2)8-12(16-10)17-6-4-3-5-7-17/h8H,3-7,9H2,1-2H3,(H,14,15,16). The molecule has 0 aliphatic carbocycles. The minimum atomic E-state index is -0.309. The summed E-state index contributed by atoms with van der Waals surface area (Å²) in [6.45, 7) is 4.04. The van der Waals surface area contributed by atoms with Gasteiger partial charge < -0.3 is 15.0 Å². The van der Waals surface area contributed by atoms with E-state index >= 15 is 0 Å². The van der Waals surface area contributed by atoms with Gasteiger partial charge in [-0.25, -0.2) is 9.97 Å². The van der Waals surface area contributed by atoms with Crippen LogP contribution in [0.5, 0.6) is 0 Å². The summed E-state index contributed by atoms with van der Waals surface area (Å²) in [5, 5.41) is 2.96. The van der Waals surface area contributed by atoms with Crippen LogP contribution in [-0.2, 0) is 9.53 Å². The van der Waals surface area contributed by atoms with Gasteiger partial charge in [0, 0.05) is 19.2 Å². The molecule has 1 aliphatic heterocycles. The zero-order chi connectivity index (χ0) is 13.7. The molecule has 0 spiro atoms. The van der Waals surface area contributed by atoms with E-state index in [2.05, 4.69) is 24.9 Å². The molecule has 1 N–H and O–H groups in total. The van der Waals surface area contributed by atoms with E-state index in [1.165, 1.54) is 26.4 Å². The fourth-order valence-corrected chi connectivity index (χ4v) is 2.16. The summed E-state index contributed by atoms with van der Waals surface area (Å²) in [5.41, 5.74) is 0. The summed E-state index contributed by atoms with van der Waals surface area (Å²) in [6, 6.07) is 1.89. The normalized spacial score (nSPS) is 15.2. The molecule has 6 heteroatoms. The number of hydrogen-bond acceptors (Lipinski definition) is 6. The highest BCUT2D eigenvalue weighted by molar-refractivity contribution is 5.74. The average Bonchev–Trinajstić information content (AvgIpc) is 2.45. The fraction of sp³-hybridized carbons (Fsp3) is 0.615. The Bertz CT molecular complexity index is 444. The van der Waals surface area contributed by atoms with Crippen molar-refractivity contribution in [2.75, 3.05) is 37.0 Å². The number of esters is 1. The minimum Gasteiger partial charge on any atom is -0.468 e. The SMILES string of the molecule is COC(=O)CNc1cc(N2CCCCC2)nc(C)n1. The van der Waals surface area contributed by atoms with Crippen LogP contribution in [0.2, 0.25) is 0 Å². The predicted molar refractivity (Wildman–Crippen MR) is 73.3 cm³/mol. The van der Waals surface area contributed by atoms with Gasteiger partial charge in [0.1, 0.15) is 24.0 Å². The molecule has 1 aromatic heterocycles. The fourth-order valence-electron chi connectivity index (χ4n) is 2.16. The van der Waals surface area contributed by atoms with Crippen molar-refractivity contribution in [3.8, 4) is 0 Å². The van der Waals surface area contributed by atoms with E-state index in [1.54, 1.807) is 0 Å². The van der Waals surface area contributed by atoms with Crippen LogP contribution in [-0.4, -0.2) is 42.7 Å². The maximum atomic E-state index is 11.1. The highest BCUT2D eigenvalue weighted by Crippen LogP contribution is 2.20. The number of aryl methyl sites for hydroxylation is 1. The van der Waals surface area contributed by atoms with Gasteiger partial charge in [-0.05, 0) is 26.2 Å². The van der Waals surface area contributed by atoms with Crippen molar-refractivity contribution in [2.24, 2.45) is 0 Å². The predicted octanol–water partition coefficient (Wildman–Crippen LogP) is 1.36. The number of carbonyl (C=O) groups is 1. The molecule has 1 aliphatic rings. The monoisotopic (exact) mass is 264 g/mol. The molecule has 0 radical (unpaired) electrons. The first-order chi connectivity index (χ1) is 9.19. The third-order valence-electron chi connectivity index (χ3n) is 3.15. The van der Waals surface area contributed by atoms with Gasteiger partial charge >= 0.3 is 5.97 Å². The zero-order valence-corrected chi connectivity index (χ0v) is 11.5. The van der Waals surface area contributed by atoms with E-state index in [0.717, 1.165) is 18.9 Å². The molecule has 2 rings (SSSR count). The van der Waals surface area contributed by atoms with E-state index in [4.69, 9.17) is 0 Å². The largest absolute Gasteiger partial charge is 0.468 e. The molecule has 1 saturated heterocycles. The Morgan fingerprint density at radius 2 is 2.11 bits per heavy atom. The zero-order valence-electron chi connectivity index (χ0n) is 11.5. The van der Waals surface area contributed by atoms with E-state index < -0.39 is 0 Å². The lowest BCUT2D eigenvalue weighted by Gasteiger charge is -2.28. The Morgan fingerprint density at radius 1 is 1.37 bits per heavy atom. The Morgan fingerprint density at radius 3 is 2.79 bits per heavy atom. The molecule has 1 fully saturated rings. The molecular weight excluding hydrogens is 244 g/mol. The first-order valence-corrected chi connectivity index (χ1v) is 6.60. The molecule has 0 amide bonds. The Balaban J connectivity index is 2.07. The number of hydrogen-bond donors (Lipinski definition) is 1. The summed E-state index contributed by atoms with van der Waals surface area (Å²) in [6.07, 6.45) is 3.69. The van der Waals surface area contributed by atoms with Crippen molar-refractivity contribution in [2.45, 2.75) is 26.2 Å². The lowest BCUT2D eigenvalue weighted by molar-refractivity contribution is -0.138. The van der Waals surface area contributed by atoms with Crippen LogP contribution < -0.4 is 10.2 Å². The van der Waals surface area contributed by atoms with Crippen LogP contribution >= 0.6 is 0 Å². The molecule has 0 atom stereocenters. The van der Waals surface area contributed by atoms with E-state index in [0.29, 0.717) is 11.6 Å². The van der Waals surface area contributed by atoms with Crippen LogP contribution in [0.15, 0.2) is 6.07 Å². The highest BCUT2D eigenvalue weighted by Gasteiger charge is 2.14. The van der Waals surface area contributed by atoms with Crippen molar-refractivity contribution >= 4 is 17.6 Å². The van der Waals surface area contributed by atoms with Gasteiger partial charge in [-0.1, -0.05) is 0 Å². The maximum absolute atomic E-state index is 11.1. The van der Waals surface area contributed by atoms with E-state index in [-0.39, 0.29) is 12.5 Å². The quantitative estimate of drug-likeness (QED) is 0.828. The third kappa shape index (κ3) is 3.81. The molecule has 0 saturated carbocycles. The van der Waals surface area contributed by atoms with Gasteiger partial charge in [0.05, 0.1) is 7.11 Å². The van der Waals surface area contributed by atoms with Crippen LogP contribution in [0.3, 0.4) is 0 Å². The number of piperidine rings is 1. The summed E-state index contributed by atoms with van der Waals surface area (Å²) < 4.78 is 4.59. The average molecular weight is 264 g/mol. The molecule has 2 heterocycles. The Kier molecular flexibility index (Phi) is 4.54. The maximum Gasteiger partial charge on any atom is 0.325 e. The van der Waals surface area contributed by atoms with Gasteiger partial charge in [-0.3, -0.25) is 4.79 Å². The number of nitrogens with one attached hydrogen (secondary N) is 1. The van der Waals surface area contributed by atoms with Gasteiger partial charge in [0.15, 0.2) is 0 Å². The van der Waals surface area contributed by atoms with Crippen molar-refractivity contribution < 1.29 is 9.53 Å². The van der Waals surface area contributed by atoms with Crippen LogP contribution in [0, 0.1) is 6.92 Å². The molecular formula is C13H20N4O2. The summed E-state index contributed by atoms with van der Waals surface area (Å²) >= 11 is 0. The summed E-state index contributed by atoms with van der Waals surface area (Å²) in [4.78, 5) is 22.1. The lowest BCUT2D eigenvalue weighted by atomic mass is 10.1. The Hall–Kier alpha value is -1.85. The number of carbonyl (C=O) groups excluding carboxylic acids is 1. The number of ether oxygens (including phenoxy) is 1. The molecule has 104 valence electrons. The number of methoxy groups -OCH3 is 1. The second-order valence-electron chi connectivity index (χ2n) is 4.64. The van der Waals surface area contributed by atoms with Crippen LogP contribution in [0.1, 0.15) is 25.1 Å². The summed E-state index contributed by atoms with van der Waals surface area (Å²) in [7, 11) is 1.37. The molecule has 0 aromatic carbocycles. The van der Waals surface area contributed by atoms with Crippen LogP contribution in [0.25, 0.3) is 0 Å². The molecule has 6 nitrogen and oxygen atoms in total. The number of nitrogens with zero attached hydrogens (tertiary/aromatic N) is 3. The lowest BCUT2D eigenvalue weighted by Crippen LogP contribution is -2.30. The minimum absolute atomic E-state index is 0.117. The van der Waals surface area contributed by atoms with Gasteiger partial charge in [-0.15, -0.1) is 0 Å². The Labute approximate surface area is 113 Å². The van der Waals surface area contributed by atoms with E-state index in [1.807, 2.05) is 13.0 Å². The van der Waals surface area contributed by atoms with Crippen molar-refractivity contribution in [1.82, 2.24) is 9.97 Å². The van der Waals surface area contributed by atoms with Gasteiger partial charge in [0.25, 0.3) is 0 Å². The van der Waals surface area contributed by atoms with Crippen molar-refractivity contribution in [1.29, 1.82) is 0 Å². The van der Waals surface area contributed by atoms with Crippen molar-refractivity contribution in [3.63, 3.8) is 0 Å². The summed E-state index contributed by atoms with van der Waals surface area (Å²) in [5.74, 6) is 1.99. The number of aromatic nitrogens is 2. The van der Waals surface area contributed by atoms with Gasteiger partial charge in [0.2, 0.25) is 0 Å². The highest BCUT2D eigenvalue weighted by atomic mass is 16.5. The first-order valence-electron chi connectivity index (χ1n) is 6.60. The second-order valence-corrected chi connectivity index (χ2v) is 4.64. The smallest absolute Gasteiger partial charge is 0.325 e. The number of anilines is 2. The molecule has 0 bridgehead atoms. The molecule has 0 unspecified atom stereocenters. The van der Waals surface area contributed by atoms with Crippen LogP contribution in [0.4, 0.5) is 11.6 Å². The topological polar surface area (TPSA) is 67.3 Å². The molecule has 19 heavy (non-hydrogen) atoms. The molecule has 1 aromatic rings. The van der Waals surface area contributed by atoms with Gasteiger partial charge in [-0.2, -0.15) is 0 Å². The van der Waals surface area contributed by atoms with E-state index in [9.17, 15) is 4.79 Å². The second kappa shape index (κ2) is 6.36.